The number of thiazole rings is 1. The van der Waals surface area contributed by atoms with Crippen molar-refractivity contribution in [1.29, 1.82) is 0 Å². The summed E-state index contributed by atoms with van der Waals surface area (Å²) in [5.41, 5.74) is 1.75. The molecule has 0 aliphatic heterocycles. The first-order valence-corrected chi connectivity index (χ1v) is 8.87. The maximum Gasteiger partial charge on any atom is 0.312 e. The summed E-state index contributed by atoms with van der Waals surface area (Å²) < 4.78 is 10.3. The predicted molar refractivity (Wildman–Crippen MR) is 95.8 cm³/mol. The van der Waals surface area contributed by atoms with Crippen molar-refractivity contribution < 1.29 is 19.1 Å². The summed E-state index contributed by atoms with van der Waals surface area (Å²) in [6, 6.07) is 7.65. The van der Waals surface area contributed by atoms with Crippen molar-refractivity contribution in [1.82, 2.24) is 10.3 Å². The second kappa shape index (κ2) is 9.17. The van der Waals surface area contributed by atoms with Gasteiger partial charge in [-0.25, -0.2) is 4.98 Å². The Kier molecular flexibility index (Phi) is 6.94. The summed E-state index contributed by atoms with van der Waals surface area (Å²) in [6.45, 7) is 3.91. The SMILES string of the molecule is COc1ccc(CCNC(=O)C(C)OC(=O)Cc2csc(C)n2)cc1. The minimum absolute atomic E-state index is 0.0772. The van der Waals surface area contributed by atoms with Gasteiger partial charge in [-0.15, -0.1) is 11.3 Å². The smallest absolute Gasteiger partial charge is 0.312 e. The molecule has 0 radical (unpaired) electrons. The lowest BCUT2D eigenvalue weighted by Gasteiger charge is -2.13. The van der Waals surface area contributed by atoms with Crippen LogP contribution in [0, 0.1) is 6.92 Å². The molecule has 1 amide bonds. The van der Waals surface area contributed by atoms with Gasteiger partial charge in [0, 0.05) is 11.9 Å². The van der Waals surface area contributed by atoms with Gasteiger partial charge in [0.05, 0.1) is 24.2 Å². The molecule has 2 rings (SSSR count). The molecule has 0 fully saturated rings. The number of carbonyl (C=O) groups is 2. The molecular formula is C18H22N2O4S. The molecule has 134 valence electrons. The fourth-order valence-electron chi connectivity index (χ4n) is 2.20. The number of amides is 1. The van der Waals surface area contributed by atoms with Crippen LogP contribution in [0.5, 0.6) is 5.75 Å². The van der Waals surface area contributed by atoms with Gasteiger partial charge in [0.25, 0.3) is 5.91 Å². The Morgan fingerprint density at radius 3 is 2.60 bits per heavy atom. The number of aromatic nitrogens is 1. The van der Waals surface area contributed by atoms with E-state index in [0.717, 1.165) is 16.3 Å². The van der Waals surface area contributed by atoms with Crippen LogP contribution in [0.2, 0.25) is 0 Å². The van der Waals surface area contributed by atoms with Gasteiger partial charge < -0.3 is 14.8 Å². The molecule has 0 aliphatic carbocycles. The molecule has 0 bridgehead atoms. The number of nitrogens with zero attached hydrogens (tertiary/aromatic N) is 1. The Balaban J connectivity index is 1.71. The van der Waals surface area contributed by atoms with Gasteiger partial charge in [-0.1, -0.05) is 12.1 Å². The number of methoxy groups -OCH3 is 1. The number of benzene rings is 1. The molecule has 1 aromatic carbocycles. The number of ether oxygens (including phenoxy) is 2. The first kappa shape index (κ1) is 18.9. The summed E-state index contributed by atoms with van der Waals surface area (Å²) in [4.78, 5) is 28.1. The molecule has 1 unspecified atom stereocenters. The average molecular weight is 362 g/mol. The summed E-state index contributed by atoms with van der Waals surface area (Å²) in [5.74, 6) is 0.0306. The minimum Gasteiger partial charge on any atom is -0.497 e. The lowest BCUT2D eigenvalue weighted by Crippen LogP contribution is -2.37. The van der Waals surface area contributed by atoms with Gasteiger partial charge in [0.15, 0.2) is 6.10 Å². The highest BCUT2D eigenvalue weighted by Crippen LogP contribution is 2.11. The Morgan fingerprint density at radius 1 is 1.28 bits per heavy atom. The monoisotopic (exact) mass is 362 g/mol. The molecule has 1 heterocycles. The van der Waals surface area contributed by atoms with Crippen LogP contribution in [0.25, 0.3) is 0 Å². The van der Waals surface area contributed by atoms with Crippen LogP contribution in [0.15, 0.2) is 29.6 Å². The number of nitrogens with one attached hydrogen (secondary N) is 1. The van der Waals surface area contributed by atoms with Crippen molar-refractivity contribution in [2.24, 2.45) is 0 Å². The van der Waals surface area contributed by atoms with Gasteiger partial charge in [-0.2, -0.15) is 0 Å². The van der Waals surface area contributed by atoms with E-state index in [1.165, 1.54) is 11.3 Å². The highest BCUT2D eigenvalue weighted by Gasteiger charge is 2.18. The van der Waals surface area contributed by atoms with Crippen LogP contribution >= 0.6 is 11.3 Å². The van der Waals surface area contributed by atoms with Gasteiger partial charge in [-0.3, -0.25) is 9.59 Å². The van der Waals surface area contributed by atoms with Crippen molar-refractivity contribution in [3.63, 3.8) is 0 Å². The van der Waals surface area contributed by atoms with Crippen LogP contribution in [-0.2, 0) is 27.2 Å². The third kappa shape index (κ3) is 6.19. The lowest BCUT2D eigenvalue weighted by atomic mass is 10.1. The zero-order valence-electron chi connectivity index (χ0n) is 14.6. The average Bonchev–Trinajstić information content (AvgIpc) is 2.99. The zero-order valence-corrected chi connectivity index (χ0v) is 15.4. The first-order valence-electron chi connectivity index (χ1n) is 7.99. The van der Waals surface area contributed by atoms with Crippen LogP contribution < -0.4 is 10.1 Å². The normalized spacial score (nSPS) is 11.6. The lowest BCUT2D eigenvalue weighted by molar-refractivity contribution is -0.154. The minimum atomic E-state index is -0.830. The molecule has 1 atom stereocenters. The Morgan fingerprint density at radius 2 is 2.00 bits per heavy atom. The van der Waals surface area contributed by atoms with Crippen LogP contribution in [0.3, 0.4) is 0 Å². The van der Waals surface area contributed by atoms with Crippen molar-refractivity contribution >= 4 is 23.2 Å². The van der Waals surface area contributed by atoms with Crippen molar-refractivity contribution in [2.45, 2.75) is 32.8 Å². The van der Waals surface area contributed by atoms with E-state index in [1.54, 1.807) is 14.0 Å². The van der Waals surface area contributed by atoms with Gasteiger partial charge in [0.2, 0.25) is 0 Å². The molecular weight excluding hydrogens is 340 g/mol. The summed E-state index contributed by atoms with van der Waals surface area (Å²) in [5, 5.41) is 5.48. The van der Waals surface area contributed by atoms with E-state index < -0.39 is 12.1 Å². The molecule has 0 aliphatic rings. The third-order valence-corrected chi connectivity index (χ3v) is 4.36. The molecule has 1 N–H and O–H groups in total. The van der Waals surface area contributed by atoms with Gasteiger partial charge in [0.1, 0.15) is 5.75 Å². The van der Waals surface area contributed by atoms with E-state index in [1.807, 2.05) is 36.6 Å². The maximum absolute atomic E-state index is 12.0. The fraction of sp³-hybridized carbons (Fsp3) is 0.389. The summed E-state index contributed by atoms with van der Waals surface area (Å²) in [7, 11) is 1.62. The molecule has 6 nitrogen and oxygen atoms in total. The fourth-order valence-corrected chi connectivity index (χ4v) is 2.81. The van der Waals surface area contributed by atoms with Crippen LogP contribution in [-0.4, -0.2) is 36.6 Å². The second-order valence-corrected chi connectivity index (χ2v) is 6.62. The predicted octanol–water partition coefficient (Wildman–Crippen LogP) is 2.29. The number of hydrogen-bond donors (Lipinski definition) is 1. The second-order valence-electron chi connectivity index (χ2n) is 5.56. The Hall–Kier alpha value is -2.41. The van der Waals surface area contributed by atoms with E-state index in [4.69, 9.17) is 9.47 Å². The van der Waals surface area contributed by atoms with Crippen molar-refractivity contribution in [3.05, 3.63) is 45.9 Å². The van der Waals surface area contributed by atoms with E-state index in [2.05, 4.69) is 10.3 Å². The van der Waals surface area contributed by atoms with E-state index in [0.29, 0.717) is 18.7 Å². The van der Waals surface area contributed by atoms with Gasteiger partial charge >= 0.3 is 5.97 Å². The Bertz CT molecular complexity index is 712. The molecule has 7 heteroatoms. The quantitative estimate of drug-likeness (QED) is 0.729. The first-order chi connectivity index (χ1) is 12.0. The number of hydrogen-bond acceptors (Lipinski definition) is 6. The number of aryl methyl sites for hydroxylation is 1. The highest BCUT2D eigenvalue weighted by atomic mass is 32.1. The standard InChI is InChI=1S/C18H22N2O4S/c1-12(24-17(21)10-15-11-25-13(2)20-15)18(22)19-9-8-14-4-6-16(23-3)7-5-14/h4-7,11-12H,8-10H2,1-3H3,(H,19,22). The molecule has 0 spiro atoms. The maximum atomic E-state index is 12.0. The van der Waals surface area contributed by atoms with E-state index >= 15 is 0 Å². The molecule has 25 heavy (non-hydrogen) atoms. The third-order valence-electron chi connectivity index (χ3n) is 3.54. The zero-order chi connectivity index (χ0) is 18.2. The highest BCUT2D eigenvalue weighted by molar-refractivity contribution is 7.09. The van der Waals surface area contributed by atoms with Crippen LogP contribution in [0.4, 0.5) is 0 Å². The number of carbonyl (C=O) groups excluding carboxylic acids is 2. The molecule has 2 aromatic rings. The van der Waals surface area contributed by atoms with Crippen LogP contribution in [0.1, 0.15) is 23.2 Å². The summed E-state index contributed by atoms with van der Waals surface area (Å²) >= 11 is 1.48. The molecule has 1 aromatic heterocycles. The molecule has 0 saturated carbocycles. The summed E-state index contributed by atoms with van der Waals surface area (Å²) in [6.07, 6.45) is -0.0643. The topological polar surface area (TPSA) is 77.5 Å². The largest absolute Gasteiger partial charge is 0.497 e. The van der Waals surface area contributed by atoms with Crippen molar-refractivity contribution in [2.75, 3.05) is 13.7 Å². The van der Waals surface area contributed by atoms with E-state index in [-0.39, 0.29) is 12.3 Å². The van der Waals surface area contributed by atoms with Gasteiger partial charge in [-0.05, 0) is 38.0 Å². The van der Waals surface area contributed by atoms with E-state index in [9.17, 15) is 9.59 Å². The van der Waals surface area contributed by atoms with Crippen molar-refractivity contribution in [3.8, 4) is 5.75 Å². The number of esters is 1. The Labute approximate surface area is 151 Å². The number of rotatable bonds is 8. The molecule has 0 saturated heterocycles.